The fourth-order valence-corrected chi connectivity index (χ4v) is 1.62. The summed E-state index contributed by atoms with van der Waals surface area (Å²) in [5, 5.41) is 10.5. The summed E-state index contributed by atoms with van der Waals surface area (Å²) in [6, 6.07) is 5.52. The van der Waals surface area contributed by atoms with E-state index >= 15 is 0 Å². The zero-order valence-electron chi connectivity index (χ0n) is 8.71. The number of aliphatic hydroxyl groups excluding tert-OH is 1. The zero-order chi connectivity index (χ0) is 11.4. The van der Waals surface area contributed by atoms with Gasteiger partial charge in [-0.1, -0.05) is 17.7 Å². The van der Waals surface area contributed by atoms with Gasteiger partial charge in [0.05, 0.1) is 17.7 Å². The standard InChI is InChI=1S/C11H14ClIO2/c1-7(2)15-6-11(14)8-3-4-10(13)9(12)5-8/h3-5,7,11,14H,6H2,1-2H3. The average molecular weight is 341 g/mol. The molecule has 1 atom stereocenters. The van der Waals surface area contributed by atoms with Crippen molar-refractivity contribution in [3.05, 3.63) is 32.4 Å². The molecule has 15 heavy (non-hydrogen) atoms. The minimum Gasteiger partial charge on any atom is -0.386 e. The molecule has 0 aliphatic rings. The quantitative estimate of drug-likeness (QED) is 0.851. The molecule has 0 amide bonds. The second-order valence-corrected chi connectivity index (χ2v) is 5.14. The summed E-state index contributed by atoms with van der Waals surface area (Å²) in [7, 11) is 0. The van der Waals surface area contributed by atoms with Crippen molar-refractivity contribution in [3.8, 4) is 0 Å². The number of halogens is 2. The Balaban J connectivity index is 2.65. The van der Waals surface area contributed by atoms with Crippen LogP contribution in [0.15, 0.2) is 18.2 Å². The van der Waals surface area contributed by atoms with Crippen molar-refractivity contribution in [2.75, 3.05) is 6.61 Å². The van der Waals surface area contributed by atoms with E-state index in [0.29, 0.717) is 11.6 Å². The van der Waals surface area contributed by atoms with Gasteiger partial charge in [-0.2, -0.15) is 0 Å². The minimum absolute atomic E-state index is 0.124. The highest BCUT2D eigenvalue weighted by atomic mass is 127. The van der Waals surface area contributed by atoms with Crippen molar-refractivity contribution in [2.24, 2.45) is 0 Å². The molecule has 0 heterocycles. The lowest BCUT2D eigenvalue weighted by molar-refractivity contribution is 0.00493. The van der Waals surface area contributed by atoms with Crippen molar-refractivity contribution < 1.29 is 9.84 Å². The highest BCUT2D eigenvalue weighted by Crippen LogP contribution is 2.23. The Labute approximate surface area is 109 Å². The van der Waals surface area contributed by atoms with Crippen LogP contribution in [0.4, 0.5) is 0 Å². The molecule has 0 spiro atoms. The number of benzene rings is 1. The summed E-state index contributed by atoms with van der Waals surface area (Å²) >= 11 is 8.11. The van der Waals surface area contributed by atoms with Gasteiger partial charge >= 0.3 is 0 Å². The van der Waals surface area contributed by atoms with Crippen LogP contribution >= 0.6 is 34.2 Å². The molecule has 1 rings (SSSR count). The van der Waals surface area contributed by atoms with E-state index in [9.17, 15) is 5.11 Å². The third-order valence-electron chi connectivity index (χ3n) is 1.92. The molecule has 1 aromatic rings. The maximum absolute atomic E-state index is 9.80. The highest BCUT2D eigenvalue weighted by Gasteiger charge is 2.10. The summed E-state index contributed by atoms with van der Waals surface area (Å²) in [5.41, 5.74) is 0.793. The lowest BCUT2D eigenvalue weighted by Crippen LogP contribution is -2.11. The lowest BCUT2D eigenvalue weighted by Gasteiger charge is -2.14. The molecule has 0 saturated carbocycles. The van der Waals surface area contributed by atoms with E-state index < -0.39 is 6.10 Å². The Kier molecular flexibility index (Phi) is 5.32. The maximum atomic E-state index is 9.80. The van der Waals surface area contributed by atoms with Crippen molar-refractivity contribution >= 4 is 34.2 Å². The van der Waals surface area contributed by atoms with Crippen LogP contribution in [0, 0.1) is 3.57 Å². The van der Waals surface area contributed by atoms with Crippen molar-refractivity contribution in [3.63, 3.8) is 0 Å². The maximum Gasteiger partial charge on any atom is 0.102 e. The van der Waals surface area contributed by atoms with Crippen LogP contribution in [0.2, 0.25) is 5.02 Å². The normalized spacial score (nSPS) is 13.2. The van der Waals surface area contributed by atoms with Gasteiger partial charge in [0.25, 0.3) is 0 Å². The van der Waals surface area contributed by atoms with Gasteiger partial charge in [0.2, 0.25) is 0 Å². The van der Waals surface area contributed by atoms with Crippen LogP contribution in [0.5, 0.6) is 0 Å². The molecule has 0 aliphatic carbocycles. The van der Waals surface area contributed by atoms with Gasteiger partial charge in [0, 0.05) is 3.57 Å². The van der Waals surface area contributed by atoms with Crippen molar-refractivity contribution in [1.29, 1.82) is 0 Å². The largest absolute Gasteiger partial charge is 0.386 e. The summed E-state index contributed by atoms with van der Waals surface area (Å²) < 4.78 is 6.31. The molecule has 1 N–H and O–H groups in total. The molecule has 2 nitrogen and oxygen atoms in total. The lowest BCUT2D eigenvalue weighted by atomic mass is 10.1. The van der Waals surface area contributed by atoms with Crippen LogP contribution < -0.4 is 0 Å². The van der Waals surface area contributed by atoms with Crippen LogP contribution in [0.3, 0.4) is 0 Å². The first-order valence-electron chi connectivity index (χ1n) is 4.75. The van der Waals surface area contributed by atoms with E-state index in [2.05, 4.69) is 22.6 Å². The molecule has 0 saturated heterocycles. The number of hydrogen-bond donors (Lipinski definition) is 1. The summed E-state index contributed by atoms with van der Waals surface area (Å²) in [4.78, 5) is 0. The number of aliphatic hydroxyl groups is 1. The van der Waals surface area contributed by atoms with Gasteiger partial charge in [0.1, 0.15) is 6.10 Å². The molecular weight excluding hydrogens is 326 g/mol. The summed E-state index contributed by atoms with van der Waals surface area (Å²) in [5.74, 6) is 0. The molecule has 0 bridgehead atoms. The Hall–Kier alpha value is 0.160. The van der Waals surface area contributed by atoms with E-state index in [0.717, 1.165) is 9.13 Å². The smallest absolute Gasteiger partial charge is 0.102 e. The second-order valence-electron chi connectivity index (χ2n) is 3.57. The zero-order valence-corrected chi connectivity index (χ0v) is 11.6. The first-order chi connectivity index (χ1) is 7.00. The van der Waals surface area contributed by atoms with E-state index in [1.807, 2.05) is 26.0 Å². The molecule has 4 heteroatoms. The second kappa shape index (κ2) is 6.03. The Bertz CT molecular complexity index is 328. The molecule has 1 unspecified atom stereocenters. The first kappa shape index (κ1) is 13.2. The fourth-order valence-electron chi connectivity index (χ4n) is 1.10. The number of rotatable bonds is 4. The van der Waals surface area contributed by atoms with Gasteiger partial charge in [-0.25, -0.2) is 0 Å². The third kappa shape index (κ3) is 4.26. The van der Waals surface area contributed by atoms with Crippen molar-refractivity contribution in [2.45, 2.75) is 26.1 Å². The van der Waals surface area contributed by atoms with Gasteiger partial charge in [0.15, 0.2) is 0 Å². The van der Waals surface area contributed by atoms with E-state index in [4.69, 9.17) is 16.3 Å². The summed E-state index contributed by atoms with van der Waals surface area (Å²) in [6.07, 6.45) is -0.485. The van der Waals surface area contributed by atoms with Crippen LogP contribution in [-0.2, 0) is 4.74 Å². The van der Waals surface area contributed by atoms with Gasteiger partial charge in [-0.05, 0) is 54.1 Å². The number of ether oxygens (including phenoxy) is 1. The van der Waals surface area contributed by atoms with Crippen LogP contribution in [0.1, 0.15) is 25.5 Å². The van der Waals surface area contributed by atoms with E-state index in [1.165, 1.54) is 0 Å². The number of hydrogen-bond acceptors (Lipinski definition) is 2. The topological polar surface area (TPSA) is 29.5 Å². The Morgan fingerprint density at radius 2 is 2.13 bits per heavy atom. The van der Waals surface area contributed by atoms with Crippen LogP contribution in [-0.4, -0.2) is 17.8 Å². The Morgan fingerprint density at radius 3 is 2.67 bits per heavy atom. The third-order valence-corrected chi connectivity index (χ3v) is 3.49. The molecule has 84 valence electrons. The highest BCUT2D eigenvalue weighted by molar-refractivity contribution is 14.1. The fraction of sp³-hybridized carbons (Fsp3) is 0.455. The summed E-state index contributed by atoms with van der Waals surface area (Å²) in [6.45, 7) is 4.18. The average Bonchev–Trinajstić information content (AvgIpc) is 2.18. The monoisotopic (exact) mass is 340 g/mol. The molecule has 1 aromatic carbocycles. The molecule has 0 aromatic heterocycles. The van der Waals surface area contributed by atoms with Crippen molar-refractivity contribution in [1.82, 2.24) is 0 Å². The minimum atomic E-state index is -0.609. The van der Waals surface area contributed by atoms with E-state index in [-0.39, 0.29) is 6.10 Å². The van der Waals surface area contributed by atoms with E-state index in [1.54, 1.807) is 6.07 Å². The first-order valence-corrected chi connectivity index (χ1v) is 6.21. The van der Waals surface area contributed by atoms with Crippen LogP contribution in [0.25, 0.3) is 0 Å². The molecule has 0 radical (unpaired) electrons. The molecule has 0 aliphatic heterocycles. The predicted octanol–water partition coefficient (Wildman–Crippen LogP) is 3.40. The van der Waals surface area contributed by atoms with Gasteiger partial charge < -0.3 is 9.84 Å². The van der Waals surface area contributed by atoms with Gasteiger partial charge in [-0.15, -0.1) is 0 Å². The molecule has 0 fully saturated rings. The predicted molar refractivity (Wildman–Crippen MR) is 70.2 cm³/mol. The molecular formula is C11H14ClIO2. The SMILES string of the molecule is CC(C)OCC(O)c1ccc(I)c(Cl)c1. The Morgan fingerprint density at radius 1 is 1.47 bits per heavy atom. The van der Waals surface area contributed by atoms with Gasteiger partial charge in [-0.3, -0.25) is 0 Å².